The SMILES string of the molecule is O=C([C@@H]1CCCN1S(=O)(=O)c1ccc(Cl)cc1)n1c2ccccc2c2ccncc21. The Kier molecular flexibility index (Phi) is 4.61. The van der Waals surface area contributed by atoms with Gasteiger partial charge in [0.15, 0.2) is 0 Å². The van der Waals surface area contributed by atoms with Gasteiger partial charge < -0.3 is 0 Å². The second kappa shape index (κ2) is 7.19. The molecule has 1 aliphatic rings. The molecule has 1 saturated heterocycles. The van der Waals surface area contributed by atoms with Gasteiger partial charge in [0, 0.05) is 28.5 Å². The van der Waals surface area contributed by atoms with Crippen LogP contribution in [-0.4, -0.2) is 40.8 Å². The lowest BCUT2D eigenvalue weighted by Crippen LogP contribution is -2.42. The second-order valence-corrected chi connectivity index (χ2v) is 9.64. The Balaban J connectivity index is 1.62. The van der Waals surface area contributed by atoms with Crippen LogP contribution in [0.1, 0.15) is 17.6 Å². The molecule has 0 unspecified atom stereocenters. The summed E-state index contributed by atoms with van der Waals surface area (Å²) in [6.07, 6.45) is 4.44. The minimum atomic E-state index is -3.82. The molecular weight excluding hydrogens is 422 g/mol. The van der Waals surface area contributed by atoms with Gasteiger partial charge in [0.2, 0.25) is 15.9 Å². The van der Waals surface area contributed by atoms with E-state index >= 15 is 0 Å². The van der Waals surface area contributed by atoms with E-state index in [9.17, 15) is 13.2 Å². The number of hydrogen-bond donors (Lipinski definition) is 0. The van der Waals surface area contributed by atoms with Crippen LogP contribution in [-0.2, 0) is 10.0 Å². The Hall–Kier alpha value is -2.74. The van der Waals surface area contributed by atoms with Crippen molar-refractivity contribution in [1.82, 2.24) is 13.9 Å². The quantitative estimate of drug-likeness (QED) is 0.476. The first-order chi connectivity index (χ1) is 14.5. The molecule has 2 aromatic heterocycles. The number of nitrogens with zero attached hydrogens (tertiary/aromatic N) is 3. The number of hydrogen-bond acceptors (Lipinski definition) is 4. The average Bonchev–Trinajstić information content (AvgIpc) is 3.37. The molecule has 5 rings (SSSR count). The van der Waals surface area contributed by atoms with Gasteiger partial charge in [0.05, 0.1) is 22.1 Å². The van der Waals surface area contributed by atoms with E-state index in [1.54, 1.807) is 29.1 Å². The molecule has 152 valence electrons. The van der Waals surface area contributed by atoms with E-state index in [1.807, 2.05) is 30.3 Å². The summed E-state index contributed by atoms with van der Waals surface area (Å²) < 4.78 is 29.5. The van der Waals surface area contributed by atoms with Gasteiger partial charge in [-0.25, -0.2) is 8.42 Å². The summed E-state index contributed by atoms with van der Waals surface area (Å²) in [6.45, 7) is 0.302. The molecule has 1 atom stereocenters. The van der Waals surface area contributed by atoms with Crippen molar-refractivity contribution in [3.05, 3.63) is 72.0 Å². The van der Waals surface area contributed by atoms with Crippen LogP contribution in [0.2, 0.25) is 5.02 Å². The van der Waals surface area contributed by atoms with Crippen molar-refractivity contribution < 1.29 is 13.2 Å². The van der Waals surface area contributed by atoms with Crippen molar-refractivity contribution in [3.63, 3.8) is 0 Å². The van der Waals surface area contributed by atoms with Crippen LogP contribution in [0.5, 0.6) is 0 Å². The maximum absolute atomic E-state index is 13.7. The second-order valence-electron chi connectivity index (χ2n) is 7.31. The maximum atomic E-state index is 13.7. The molecule has 0 amide bonds. The molecule has 1 fully saturated rings. The summed E-state index contributed by atoms with van der Waals surface area (Å²) in [5.74, 6) is -0.260. The number of fused-ring (bicyclic) bond motifs is 3. The van der Waals surface area contributed by atoms with Crippen molar-refractivity contribution in [2.75, 3.05) is 6.54 Å². The Labute approximate surface area is 178 Å². The van der Waals surface area contributed by atoms with Gasteiger partial charge in [-0.2, -0.15) is 4.31 Å². The van der Waals surface area contributed by atoms with E-state index in [0.29, 0.717) is 29.9 Å². The highest BCUT2D eigenvalue weighted by Crippen LogP contribution is 2.32. The van der Waals surface area contributed by atoms with Crippen molar-refractivity contribution >= 4 is 49.3 Å². The molecule has 2 aromatic carbocycles. The van der Waals surface area contributed by atoms with Crippen LogP contribution < -0.4 is 0 Å². The lowest BCUT2D eigenvalue weighted by molar-refractivity contribution is 0.0843. The van der Waals surface area contributed by atoms with Crippen LogP contribution in [0.4, 0.5) is 0 Å². The van der Waals surface area contributed by atoms with E-state index in [4.69, 9.17) is 11.6 Å². The lowest BCUT2D eigenvalue weighted by atomic mass is 10.2. The zero-order valence-electron chi connectivity index (χ0n) is 15.9. The molecule has 0 N–H and O–H groups in total. The predicted octanol–water partition coefficient (Wildman–Crippen LogP) is 4.34. The van der Waals surface area contributed by atoms with Crippen LogP contribution in [0, 0.1) is 0 Å². The van der Waals surface area contributed by atoms with Crippen LogP contribution >= 0.6 is 11.6 Å². The van der Waals surface area contributed by atoms with Gasteiger partial charge in [0.1, 0.15) is 6.04 Å². The summed E-state index contributed by atoms with van der Waals surface area (Å²) in [7, 11) is -3.82. The third-order valence-electron chi connectivity index (χ3n) is 5.61. The average molecular weight is 440 g/mol. The highest BCUT2D eigenvalue weighted by atomic mass is 35.5. The molecule has 3 heterocycles. The van der Waals surface area contributed by atoms with Gasteiger partial charge in [-0.3, -0.25) is 14.3 Å². The highest BCUT2D eigenvalue weighted by Gasteiger charge is 2.40. The third-order valence-corrected chi connectivity index (χ3v) is 7.78. The number of benzene rings is 2. The van der Waals surface area contributed by atoms with Crippen LogP contribution in [0.15, 0.2) is 71.9 Å². The van der Waals surface area contributed by atoms with Crippen molar-refractivity contribution in [2.24, 2.45) is 0 Å². The Morgan fingerprint density at radius 3 is 2.53 bits per heavy atom. The zero-order chi connectivity index (χ0) is 20.9. The van der Waals surface area contributed by atoms with Crippen LogP contribution in [0.25, 0.3) is 21.8 Å². The van der Waals surface area contributed by atoms with Gasteiger partial charge in [-0.1, -0.05) is 29.8 Å². The highest BCUT2D eigenvalue weighted by molar-refractivity contribution is 7.89. The Morgan fingerprint density at radius 2 is 1.73 bits per heavy atom. The monoisotopic (exact) mass is 439 g/mol. The number of aromatic nitrogens is 2. The number of halogens is 1. The third kappa shape index (κ3) is 2.93. The van der Waals surface area contributed by atoms with Crippen molar-refractivity contribution in [1.29, 1.82) is 0 Å². The fourth-order valence-corrected chi connectivity index (χ4v) is 6.00. The number of pyridine rings is 1. The van der Waals surface area contributed by atoms with E-state index < -0.39 is 16.1 Å². The number of carbonyl (C=O) groups excluding carboxylic acids is 1. The molecule has 4 aromatic rings. The minimum Gasteiger partial charge on any atom is -0.277 e. The molecule has 0 saturated carbocycles. The number of para-hydroxylation sites is 1. The van der Waals surface area contributed by atoms with E-state index in [2.05, 4.69) is 4.98 Å². The standard InChI is InChI=1S/C22H18ClN3O3S/c23-15-7-9-16(10-8-15)30(28,29)25-13-3-6-20(25)22(27)26-19-5-2-1-4-17(19)18-11-12-24-14-21(18)26/h1-2,4-5,7-12,14,20H,3,6,13H2/t20-/m0/s1. The van der Waals surface area contributed by atoms with Crippen molar-refractivity contribution in [3.8, 4) is 0 Å². The summed E-state index contributed by atoms with van der Waals surface area (Å²) in [4.78, 5) is 18.0. The molecule has 6 nitrogen and oxygen atoms in total. The largest absolute Gasteiger partial charge is 0.277 e. The maximum Gasteiger partial charge on any atom is 0.250 e. The molecule has 0 aliphatic carbocycles. The molecule has 1 aliphatic heterocycles. The summed E-state index contributed by atoms with van der Waals surface area (Å²) in [5.41, 5.74) is 1.43. The number of sulfonamides is 1. The van der Waals surface area contributed by atoms with Gasteiger partial charge >= 0.3 is 0 Å². The lowest BCUT2D eigenvalue weighted by Gasteiger charge is -2.24. The Morgan fingerprint density at radius 1 is 1.00 bits per heavy atom. The van der Waals surface area contributed by atoms with Gasteiger partial charge in [-0.05, 0) is 49.2 Å². The van der Waals surface area contributed by atoms with Gasteiger partial charge in [-0.15, -0.1) is 0 Å². The van der Waals surface area contributed by atoms with E-state index in [-0.39, 0.29) is 10.8 Å². The number of carbonyl (C=O) groups is 1. The first-order valence-electron chi connectivity index (χ1n) is 9.63. The van der Waals surface area contributed by atoms with E-state index in [1.165, 1.54) is 16.4 Å². The minimum absolute atomic E-state index is 0.135. The molecule has 0 spiro atoms. The fraction of sp³-hybridized carbons (Fsp3) is 0.182. The fourth-order valence-electron chi connectivity index (χ4n) is 4.22. The van der Waals surface area contributed by atoms with E-state index in [0.717, 1.165) is 16.3 Å². The van der Waals surface area contributed by atoms with Gasteiger partial charge in [0.25, 0.3) is 0 Å². The first-order valence-corrected chi connectivity index (χ1v) is 11.4. The molecule has 30 heavy (non-hydrogen) atoms. The molecule has 8 heteroatoms. The summed E-state index contributed by atoms with van der Waals surface area (Å²) >= 11 is 5.91. The number of rotatable bonds is 3. The normalized spacial score (nSPS) is 17.7. The topological polar surface area (TPSA) is 72.3 Å². The Bertz CT molecular complexity index is 1330. The first kappa shape index (κ1) is 19.2. The predicted molar refractivity (Wildman–Crippen MR) is 116 cm³/mol. The summed E-state index contributed by atoms with van der Waals surface area (Å²) in [6, 6.07) is 14.8. The van der Waals surface area contributed by atoms with Crippen LogP contribution in [0.3, 0.4) is 0 Å². The molecular formula is C22H18ClN3O3S. The molecule has 0 radical (unpaired) electrons. The smallest absolute Gasteiger partial charge is 0.250 e. The zero-order valence-corrected chi connectivity index (χ0v) is 17.5. The van der Waals surface area contributed by atoms with Crippen molar-refractivity contribution in [2.45, 2.75) is 23.8 Å². The summed E-state index contributed by atoms with van der Waals surface area (Å²) in [5, 5.41) is 2.31. The molecule has 0 bridgehead atoms.